The lowest BCUT2D eigenvalue weighted by atomic mass is 10.0. The summed E-state index contributed by atoms with van der Waals surface area (Å²) in [4.78, 5) is 40.9. The van der Waals surface area contributed by atoms with E-state index in [9.17, 15) is 14.4 Å². The van der Waals surface area contributed by atoms with Crippen molar-refractivity contribution >= 4 is 18.0 Å². The Morgan fingerprint density at radius 1 is 1.10 bits per heavy atom. The molecule has 2 amide bonds. The van der Waals surface area contributed by atoms with Crippen molar-refractivity contribution in [1.82, 2.24) is 15.2 Å². The van der Waals surface area contributed by atoms with E-state index in [-0.39, 0.29) is 23.8 Å². The number of pyridine rings is 1. The summed E-state index contributed by atoms with van der Waals surface area (Å²) < 4.78 is 10.9. The molecule has 1 aromatic heterocycles. The summed E-state index contributed by atoms with van der Waals surface area (Å²) >= 11 is 0. The summed E-state index contributed by atoms with van der Waals surface area (Å²) in [5, 5.41) is 11.5. The number of carbonyl (C=O) groups excluding carboxylic acids is 2. The maximum absolute atomic E-state index is 12.5. The van der Waals surface area contributed by atoms with Gasteiger partial charge < -0.3 is 24.8 Å². The van der Waals surface area contributed by atoms with E-state index in [0.717, 1.165) is 5.56 Å². The van der Waals surface area contributed by atoms with Gasteiger partial charge >= 0.3 is 12.1 Å². The highest BCUT2D eigenvalue weighted by Gasteiger charge is 2.25. The summed E-state index contributed by atoms with van der Waals surface area (Å²) in [7, 11) is 3.23. The maximum Gasteiger partial charge on any atom is 0.408 e. The van der Waals surface area contributed by atoms with Gasteiger partial charge in [0.1, 0.15) is 17.4 Å². The zero-order chi connectivity index (χ0) is 23.2. The molecule has 0 aliphatic heterocycles. The van der Waals surface area contributed by atoms with Crippen molar-refractivity contribution in [2.24, 2.45) is 0 Å². The van der Waals surface area contributed by atoms with Crippen molar-refractivity contribution in [3.8, 4) is 11.6 Å². The predicted molar refractivity (Wildman–Crippen MR) is 113 cm³/mol. The summed E-state index contributed by atoms with van der Waals surface area (Å²) in [5.74, 6) is -0.570. The highest BCUT2D eigenvalue weighted by Crippen LogP contribution is 2.21. The van der Waals surface area contributed by atoms with Crippen molar-refractivity contribution in [1.29, 1.82) is 0 Å². The summed E-state index contributed by atoms with van der Waals surface area (Å²) in [6, 6.07) is 9.02. The van der Waals surface area contributed by atoms with Crippen LogP contribution in [0.4, 0.5) is 4.79 Å². The van der Waals surface area contributed by atoms with Gasteiger partial charge in [-0.3, -0.25) is 4.79 Å². The molecule has 0 saturated heterocycles. The SMILES string of the molecule is CN(C)C(=O)[C@H](Cc1ccc(Oc2ccc(C(=O)O)cn2)cc1)NC(=O)OC(C)(C)C. The number of carboxylic acids is 1. The predicted octanol–water partition coefficient (Wildman–Crippen LogP) is 3.10. The zero-order valence-corrected chi connectivity index (χ0v) is 18.2. The second kappa shape index (κ2) is 9.92. The first-order valence-corrected chi connectivity index (χ1v) is 9.61. The van der Waals surface area contributed by atoms with Gasteiger partial charge in [-0.2, -0.15) is 0 Å². The molecule has 1 heterocycles. The van der Waals surface area contributed by atoms with Gasteiger partial charge in [0.2, 0.25) is 11.8 Å². The zero-order valence-electron chi connectivity index (χ0n) is 18.2. The molecule has 9 nitrogen and oxygen atoms in total. The van der Waals surface area contributed by atoms with Gasteiger partial charge in [-0.15, -0.1) is 0 Å². The van der Waals surface area contributed by atoms with Crippen molar-refractivity contribution in [3.05, 3.63) is 53.7 Å². The minimum Gasteiger partial charge on any atom is -0.478 e. The molecule has 0 aliphatic rings. The van der Waals surface area contributed by atoms with Gasteiger partial charge in [0.25, 0.3) is 0 Å². The topological polar surface area (TPSA) is 118 Å². The van der Waals surface area contributed by atoms with Gasteiger partial charge in [0.05, 0.1) is 5.56 Å². The van der Waals surface area contributed by atoms with E-state index in [4.69, 9.17) is 14.6 Å². The smallest absolute Gasteiger partial charge is 0.408 e. The normalized spacial score (nSPS) is 11.9. The second-order valence-electron chi connectivity index (χ2n) is 8.07. The Hall–Kier alpha value is -3.62. The van der Waals surface area contributed by atoms with Crippen LogP contribution in [0.2, 0.25) is 0 Å². The molecule has 1 atom stereocenters. The fraction of sp³-hybridized carbons (Fsp3) is 0.364. The van der Waals surface area contributed by atoms with E-state index < -0.39 is 23.7 Å². The van der Waals surface area contributed by atoms with Gasteiger partial charge in [-0.25, -0.2) is 14.6 Å². The summed E-state index contributed by atoms with van der Waals surface area (Å²) in [5.41, 5.74) is 0.195. The van der Waals surface area contributed by atoms with Crippen LogP contribution >= 0.6 is 0 Å². The Morgan fingerprint density at radius 2 is 1.74 bits per heavy atom. The van der Waals surface area contributed by atoms with Crippen LogP contribution in [-0.2, 0) is 16.0 Å². The molecule has 0 fully saturated rings. The van der Waals surface area contributed by atoms with E-state index >= 15 is 0 Å². The number of carbonyl (C=O) groups is 3. The van der Waals surface area contributed by atoms with Crippen molar-refractivity contribution in [3.63, 3.8) is 0 Å². The monoisotopic (exact) mass is 429 g/mol. The Kier molecular flexibility index (Phi) is 7.57. The number of aromatic carboxylic acids is 1. The number of rotatable bonds is 7. The van der Waals surface area contributed by atoms with Crippen LogP contribution in [0.1, 0.15) is 36.7 Å². The summed E-state index contributed by atoms with van der Waals surface area (Å²) in [6.07, 6.45) is 0.817. The highest BCUT2D eigenvalue weighted by molar-refractivity contribution is 5.87. The first-order chi connectivity index (χ1) is 14.4. The molecule has 0 aliphatic carbocycles. The van der Waals surface area contributed by atoms with Gasteiger partial charge in [-0.1, -0.05) is 12.1 Å². The molecule has 2 aromatic rings. The number of alkyl carbamates (subject to hydrolysis) is 1. The molecule has 166 valence electrons. The lowest BCUT2D eigenvalue weighted by Crippen LogP contribution is -2.48. The first-order valence-electron chi connectivity index (χ1n) is 9.61. The number of carboxylic acid groups (broad SMARTS) is 1. The van der Waals surface area contributed by atoms with Gasteiger partial charge in [-0.05, 0) is 44.5 Å². The molecule has 0 bridgehead atoms. The number of nitrogens with one attached hydrogen (secondary N) is 1. The highest BCUT2D eigenvalue weighted by atomic mass is 16.6. The lowest BCUT2D eigenvalue weighted by Gasteiger charge is -2.25. The van der Waals surface area contributed by atoms with E-state index in [0.29, 0.717) is 5.75 Å². The number of nitrogens with zero attached hydrogens (tertiary/aromatic N) is 2. The fourth-order valence-corrected chi connectivity index (χ4v) is 2.58. The number of benzene rings is 1. The molecule has 2 rings (SSSR count). The Bertz CT molecular complexity index is 918. The number of amides is 2. The van der Waals surface area contributed by atoms with E-state index in [1.807, 2.05) is 0 Å². The van der Waals surface area contributed by atoms with E-state index in [1.165, 1.54) is 23.2 Å². The molecular formula is C22H27N3O6. The number of aromatic nitrogens is 1. The Balaban J connectivity index is 2.06. The second-order valence-corrected chi connectivity index (χ2v) is 8.07. The van der Waals surface area contributed by atoms with Crippen molar-refractivity contribution < 1.29 is 29.0 Å². The summed E-state index contributed by atoms with van der Waals surface area (Å²) in [6.45, 7) is 5.24. The van der Waals surface area contributed by atoms with Crippen molar-refractivity contribution in [2.45, 2.75) is 38.8 Å². The maximum atomic E-state index is 12.5. The molecule has 0 radical (unpaired) electrons. The molecule has 0 spiro atoms. The standard InChI is InChI=1S/C22H27N3O6/c1-22(2,3)31-21(29)24-17(19(26)25(4)5)12-14-6-9-16(10-7-14)30-18-11-8-15(13-23-18)20(27)28/h6-11,13,17H,12H2,1-5H3,(H,24,29)(H,27,28)/t17-/m0/s1. The third-order valence-corrected chi connectivity index (χ3v) is 4.00. The lowest BCUT2D eigenvalue weighted by molar-refractivity contribution is -0.130. The third-order valence-electron chi connectivity index (χ3n) is 4.00. The van der Waals surface area contributed by atoms with E-state index in [1.54, 1.807) is 59.1 Å². The fourth-order valence-electron chi connectivity index (χ4n) is 2.58. The molecular weight excluding hydrogens is 402 g/mol. The van der Waals surface area contributed by atoms with Crippen LogP contribution in [0.15, 0.2) is 42.6 Å². The number of hydrogen-bond acceptors (Lipinski definition) is 6. The number of hydrogen-bond donors (Lipinski definition) is 2. The average Bonchev–Trinajstić information content (AvgIpc) is 2.67. The molecule has 0 unspecified atom stereocenters. The van der Waals surface area contributed by atoms with Crippen LogP contribution in [0.25, 0.3) is 0 Å². The molecule has 31 heavy (non-hydrogen) atoms. The van der Waals surface area contributed by atoms with Gasteiger partial charge in [0, 0.05) is 32.8 Å². The van der Waals surface area contributed by atoms with Crippen molar-refractivity contribution in [2.75, 3.05) is 14.1 Å². The Morgan fingerprint density at radius 3 is 2.23 bits per heavy atom. The first kappa shape index (κ1) is 23.7. The molecule has 9 heteroatoms. The molecule has 0 saturated carbocycles. The third kappa shape index (κ3) is 7.61. The van der Waals surface area contributed by atoms with Gasteiger partial charge in [0.15, 0.2) is 0 Å². The van der Waals surface area contributed by atoms with Crippen LogP contribution < -0.4 is 10.1 Å². The number of ether oxygens (including phenoxy) is 2. The molecule has 1 aromatic carbocycles. The van der Waals surface area contributed by atoms with Crippen LogP contribution in [0, 0.1) is 0 Å². The quantitative estimate of drug-likeness (QED) is 0.694. The largest absolute Gasteiger partial charge is 0.478 e. The van der Waals surface area contributed by atoms with E-state index in [2.05, 4.69) is 10.3 Å². The van der Waals surface area contributed by atoms with Crippen LogP contribution in [-0.4, -0.2) is 58.7 Å². The minimum atomic E-state index is -1.06. The minimum absolute atomic E-state index is 0.0665. The molecule has 2 N–H and O–H groups in total. The average molecular weight is 429 g/mol. The van der Waals surface area contributed by atoms with Crippen LogP contribution in [0.3, 0.4) is 0 Å². The van der Waals surface area contributed by atoms with Crippen LogP contribution in [0.5, 0.6) is 11.6 Å². The Labute approximate surface area is 181 Å². The number of likely N-dealkylation sites (N-methyl/N-ethyl adjacent to an activating group) is 1.